The minimum Gasteiger partial charge on any atom is -0.324 e. The third-order valence-corrected chi connectivity index (χ3v) is 3.77. The van der Waals surface area contributed by atoms with E-state index in [9.17, 15) is 4.39 Å². The van der Waals surface area contributed by atoms with Crippen molar-refractivity contribution in [3.63, 3.8) is 0 Å². The van der Waals surface area contributed by atoms with Gasteiger partial charge in [0.25, 0.3) is 0 Å². The fraction of sp³-hybridized carbons (Fsp3) is 0.438. The maximum Gasteiger partial charge on any atom is 0.123 e. The van der Waals surface area contributed by atoms with Crippen LogP contribution in [0.2, 0.25) is 0 Å². The Labute approximate surface area is 119 Å². The molecule has 2 atom stereocenters. The Balaban J connectivity index is 2.11. The third kappa shape index (κ3) is 3.25. The molecule has 0 aliphatic heterocycles. The van der Waals surface area contributed by atoms with E-state index in [2.05, 4.69) is 18.9 Å². The molecule has 0 aliphatic carbocycles. The summed E-state index contributed by atoms with van der Waals surface area (Å²) >= 11 is 0. The van der Waals surface area contributed by atoms with E-state index in [0.29, 0.717) is 12.5 Å². The van der Waals surface area contributed by atoms with Gasteiger partial charge in [-0.3, -0.25) is 4.68 Å². The number of hydrogen-bond acceptors (Lipinski definition) is 2. The number of aromatic nitrogens is 2. The zero-order valence-corrected chi connectivity index (χ0v) is 12.3. The fourth-order valence-electron chi connectivity index (χ4n) is 2.31. The number of halogens is 1. The van der Waals surface area contributed by atoms with Crippen molar-refractivity contribution >= 4 is 0 Å². The number of nitrogens with zero attached hydrogens (tertiary/aromatic N) is 2. The highest BCUT2D eigenvalue weighted by molar-refractivity contribution is 5.30. The first-order chi connectivity index (χ1) is 9.51. The van der Waals surface area contributed by atoms with Crippen molar-refractivity contribution < 1.29 is 4.39 Å². The van der Waals surface area contributed by atoms with Gasteiger partial charge >= 0.3 is 0 Å². The predicted octanol–water partition coefficient (Wildman–Crippen LogP) is 3.54. The van der Waals surface area contributed by atoms with Crippen LogP contribution in [-0.2, 0) is 6.42 Å². The first-order valence-corrected chi connectivity index (χ1v) is 7.07. The molecule has 0 fully saturated rings. The molecule has 0 amide bonds. The Morgan fingerprint density at radius 2 is 2.10 bits per heavy atom. The van der Waals surface area contributed by atoms with Gasteiger partial charge in [-0.2, -0.15) is 5.10 Å². The second-order valence-corrected chi connectivity index (χ2v) is 5.36. The van der Waals surface area contributed by atoms with Crippen LogP contribution in [-0.4, -0.2) is 9.78 Å². The molecule has 108 valence electrons. The molecule has 1 heterocycles. The van der Waals surface area contributed by atoms with Crippen molar-refractivity contribution in [2.75, 3.05) is 0 Å². The summed E-state index contributed by atoms with van der Waals surface area (Å²) in [5.74, 6) is -0.223. The van der Waals surface area contributed by atoms with Gasteiger partial charge < -0.3 is 5.73 Å². The molecule has 1 aromatic heterocycles. The molecular formula is C16H22FN3. The molecule has 20 heavy (non-hydrogen) atoms. The lowest BCUT2D eigenvalue weighted by Crippen LogP contribution is -2.15. The molecule has 0 bridgehead atoms. The summed E-state index contributed by atoms with van der Waals surface area (Å²) in [4.78, 5) is 0. The molecule has 0 saturated heterocycles. The third-order valence-electron chi connectivity index (χ3n) is 3.77. The maximum absolute atomic E-state index is 13.1. The van der Waals surface area contributed by atoms with Gasteiger partial charge in [-0.1, -0.05) is 13.0 Å². The lowest BCUT2D eigenvalue weighted by molar-refractivity contribution is 0.472. The van der Waals surface area contributed by atoms with Crippen LogP contribution in [0.25, 0.3) is 0 Å². The molecule has 2 unspecified atom stereocenters. The Hall–Kier alpha value is -1.68. The van der Waals surface area contributed by atoms with Gasteiger partial charge in [0.15, 0.2) is 0 Å². The van der Waals surface area contributed by atoms with E-state index in [1.807, 2.05) is 23.9 Å². The minimum atomic E-state index is -0.223. The zero-order valence-electron chi connectivity index (χ0n) is 12.3. The molecule has 0 aliphatic rings. The smallest absolute Gasteiger partial charge is 0.123 e. The van der Waals surface area contributed by atoms with Crippen molar-refractivity contribution in [1.29, 1.82) is 0 Å². The summed E-state index contributed by atoms with van der Waals surface area (Å²) in [5, 5.41) is 4.56. The van der Waals surface area contributed by atoms with Crippen LogP contribution in [0.4, 0.5) is 4.39 Å². The van der Waals surface area contributed by atoms with E-state index in [4.69, 9.17) is 5.73 Å². The van der Waals surface area contributed by atoms with E-state index >= 15 is 0 Å². The van der Waals surface area contributed by atoms with Crippen LogP contribution in [0.1, 0.15) is 49.2 Å². The van der Waals surface area contributed by atoms with E-state index in [0.717, 1.165) is 23.2 Å². The summed E-state index contributed by atoms with van der Waals surface area (Å²) < 4.78 is 15.1. The second kappa shape index (κ2) is 6.18. The highest BCUT2D eigenvalue weighted by Gasteiger charge is 2.13. The molecule has 4 heteroatoms. The van der Waals surface area contributed by atoms with Gasteiger partial charge in [-0.25, -0.2) is 4.39 Å². The fourth-order valence-corrected chi connectivity index (χ4v) is 2.31. The van der Waals surface area contributed by atoms with Crippen LogP contribution in [0, 0.1) is 12.7 Å². The van der Waals surface area contributed by atoms with Crippen molar-refractivity contribution in [3.8, 4) is 0 Å². The number of nitrogens with two attached hydrogens (primary N) is 1. The molecule has 3 nitrogen and oxygen atoms in total. The maximum atomic E-state index is 13.1. The van der Waals surface area contributed by atoms with Crippen molar-refractivity contribution in [2.24, 2.45) is 5.73 Å². The Kier molecular flexibility index (Phi) is 4.55. The average Bonchev–Trinajstić information content (AvgIpc) is 2.86. The van der Waals surface area contributed by atoms with Gasteiger partial charge in [-0.05, 0) is 49.6 Å². The van der Waals surface area contributed by atoms with E-state index in [1.54, 1.807) is 6.07 Å². The highest BCUT2D eigenvalue weighted by atomic mass is 19.1. The minimum absolute atomic E-state index is 0.157. The van der Waals surface area contributed by atoms with E-state index in [1.165, 1.54) is 12.1 Å². The van der Waals surface area contributed by atoms with E-state index in [-0.39, 0.29) is 11.9 Å². The van der Waals surface area contributed by atoms with Crippen molar-refractivity contribution in [2.45, 2.75) is 45.7 Å². The molecule has 0 spiro atoms. The van der Waals surface area contributed by atoms with Gasteiger partial charge in [0.05, 0.1) is 5.69 Å². The van der Waals surface area contributed by atoms with E-state index < -0.39 is 0 Å². The van der Waals surface area contributed by atoms with Gasteiger partial charge in [-0.15, -0.1) is 0 Å². The number of aryl methyl sites for hydroxylation is 1. The highest BCUT2D eigenvalue weighted by Crippen LogP contribution is 2.20. The Bertz CT molecular complexity index is 577. The molecule has 0 radical (unpaired) electrons. The number of rotatable bonds is 5. The number of benzene rings is 1. The SMILES string of the molecule is CCC(C)n1ccc(CC(N)c2ccc(F)cc2C)n1. The normalized spacial score (nSPS) is 14.2. The van der Waals surface area contributed by atoms with Gasteiger partial charge in [0.2, 0.25) is 0 Å². The predicted molar refractivity (Wildman–Crippen MR) is 79.0 cm³/mol. The quantitative estimate of drug-likeness (QED) is 0.907. The van der Waals surface area contributed by atoms with Crippen LogP contribution in [0.3, 0.4) is 0 Å². The van der Waals surface area contributed by atoms with Gasteiger partial charge in [0.1, 0.15) is 5.82 Å². The molecule has 0 saturated carbocycles. The number of hydrogen-bond donors (Lipinski definition) is 1. The summed E-state index contributed by atoms with van der Waals surface area (Å²) in [5.41, 5.74) is 9.06. The van der Waals surface area contributed by atoms with Crippen LogP contribution < -0.4 is 5.73 Å². The summed E-state index contributed by atoms with van der Waals surface area (Å²) in [6.45, 7) is 6.16. The first kappa shape index (κ1) is 14.7. The molecule has 1 aromatic carbocycles. The second-order valence-electron chi connectivity index (χ2n) is 5.36. The molecule has 2 rings (SSSR count). The molecule has 2 aromatic rings. The Morgan fingerprint density at radius 3 is 2.75 bits per heavy atom. The zero-order chi connectivity index (χ0) is 14.7. The topological polar surface area (TPSA) is 43.8 Å². The summed E-state index contributed by atoms with van der Waals surface area (Å²) in [6, 6.07) is 6.99. The average molecular weight is 275 g/mol. The van der Waals surface area contributed by atoms with Crippen LogP contribution >= 0.6 is 0 Å². The largest absolute Gasteiger partial charge is 0.324 e. The Morgan fingerprint density at radius 1 is 1.35 bits per heavy atom. The summed E-state index contributed by atoms with van der Waals surface area (Å²) in [7, 11) is 0. The van der Waals surface area contributed by atoms with Crippen LogP contribution in [0.5, 0.6) is 0 Å². The van der Waals surface area contributed by atoms with Gasteiger partial charge in [0, 0.05) is 24.7 Å². The standard InChI is InChI=1S/C16H22FN3/c1-4-12(3)20-8-7-14(19-20)10-16(18)15-6-5-13(17)9-11(15)2/h5-9,12,16H,4,10,18H2,1-3H3. The first-order valence-electron chi connectivity index (χ1n) is 7.07. The van der Waals surface area contributed by atoms with Crippen LogP contribution in [0.15, 0.2) is 30.5 Å². The monoisotopic (exact) mass is 275 g/mol. The lowest BCUT2D eigenvalue weighted by atomic mass is 9.98. The van der Waals surface area contributed by atoms with Crippen molar-refractivity contribution in [1.82, 2.24) is 9.78 Å². The summed E-state index contributed by atoms with van der Waals surface area (Å²) in [6.07, 6.45) is 3.70. The lowest BCUT2D eigenvalue weighted by Gasteiger charge is -2.14. The molecular weight excluding hydrogens is 253 g/mol. The van der Waals surface area contributed by atoms with Crippen molar-refractivity contribution in [3.05, 3.63) is 53.1 Å². The molecule has 2 N–H and O–H groups in total.